The predicted molar refractivity (Wildman–Crippen MR) is 117 cm³/mol. The van der Waals surface area contributed by atoms with Gasteiger partial charge in [-0.3, -0.25) is 4.98 Å². The van der Waals surface area contributed by atoms with E-state index in [1.165, 1.54) is 0 Å². The Hall–Kier alpha value is -1.35. The lowest BCUT2D eigenvalue weighted by atomic mass is 9.94. The third kappa shape index (κ3) is 6.57. The highest BCUT2D eigenvalue weighted by Crippen LogP contribution is 2.43. The molecule has 0 aromatic carbocycles. The van der Waals surface area contributed by atoms with Crippen LogP contribution < -0.4 is 4.90 Å². The number of ether oxygens (including phenoxy) is 2. The van der Waals surface area contributed by atoms with E-state index in [0.717, 1.165) is 0 Å². The number of esters is 1. The molecule has 31 heavy (non-hydrogen) atoms. The van der Waals surface area contributed by atoms with Crippen LogP contribution in [0, 0.1) is 19.8 Å². The molecule has 1 aliphatic rings. The molecule has 0 unspecified atom stereocenters. The predicted octanol–water partition coefficient (Wildman–Crippen LogP) is 6.05. The topological polar surface area (TPSA) is 51.7 Å². The molecule has 9 heteroatoms. The van der Waals surface area contributed by atoms with Gasteiger partial charge in [-0.25, -0.2) is 4.79 Å². The second-order valence-electron chi connectivity index (χ2n) is 9.26. The lowest BCUT2D eigenvalue weighted by molar-refractivity contribution is -0.179. The van der Waals surface area contributed by atoms with Gasteiger partial charge in [0.25, 0.3) is 0 Å². The van der Waals surface area contributed by atoms with Crippen molar-refractivity contribution in [3.8, 4) is 0 Å². The largest absolute Gasteiger partial charge is 0.461 e. The summed E-state index contributed by atoms with van der Waals surface area (Å²) in [6, 6.07) is 0. The molecule has 1 aromatic heterocycles. The number of aromatic nitrogens is 1. The number of alkyl halides is 3. The van der Waals surface area contributed by atoms with Crippen LogP contribution in [0.3, 0.4) is 0 Å². The Morgan fingerprint density at radius 3 is 2.13 bits per heavy atom. The molecule has 1 aromatic rings. The highest BCUT2D eigenvalue weighted by atomic mass is 79.9. The molecule has 2 heterocycles. The van der Waals surface area contributed by atoms with Crippen molar-refractivity contribution in [3.05, 3.63) is 21.4 Å². The number of carbonyl (C=O) groups excluding carboxylic acids is 1. The first-order valence-electron chi connectivity index (χ1n) is 10.5. The maximum Gasteiger partial charge on any atom is 0.391 e. The number of halogens is 4. The van der Waals surface area contributed by atoms with Gasteiger partial charge in [-0.2, -0.15) is 13.2 Å². The monoisotopic (exact) mass is 508 g/mol. The summed E-state index contributed by atoms with van der Waals surface area (Å²) < 4.78 is 51.8. The number of carbonyl (C=O) groups is 1. The Morgan fingerprint density at radius 1 is 1.13 bits per heavy atom. The molecule has 0 N–H and O–H groups in total. The number of pyridine rings is 1. The van der Waals surface area contributed by atoms with Crippen LogP contribution in [0.5, 0.6) is 0 Å². The van der Waals surface area contributed by atoms with Crippen molar-refractivity contribution in [2.24, 2.45) is 5.92 Å². The van der Waals surface area contributed by atoms with Gasteiger partial charge in [0.2, 0.25) is 0 Å². The molecule has 1 saturated heterocycles. The highest BCUT2D eigenvalue weighted by molar-refractivity contribution is 9.10. The van der Waals surface area contributed by atoms with Gasteiger partial charge >= 0.3 is 12.1 Å². The number of anilines is 1. The van der Waals surface area contributed by atoms with E-state index in [0.29, 0.717) is 27.1 Å². The van der Waals surface area contributed by atoms with Gasteiger partial charge < -0.3 is 14.4 Å². The number of piperidine rings is 1. The molecule has 1 atom stereocenters. The minimum absolute atomic E-state index is 0.00294. The number of rotatable bonds is 5. The van der Waals surface area contributed by atoms with Crippen molar-refractivity contribution in [3.63, 3.8) is 0 Å². The van der Waals surface area contributed by atoms with Crippen LogP contribution in [-0.4, -0.2) is 41.9 Å². The molecular weight excluding hydrogens is 477 g/mol. The fraction of sp³-hybridized carbons (Fsp3) is 0.727. The normalized spacial score (nSPS) is 17.2. The first-order chi connectivity index (χ1) is 14.1. The van der Waals surface area contributed by atoms with Crippen molar-refractivity contribution in [1.82, 2.24) is 4.98 Å². The van der Waals surface area contributed by atoms with Crippen LogP contribution in [0.4, 0.5) is 18.9 Å². The third-order valence-electron chi connectivity index (χ3n) is 5.08. The van der Waals surface area contributed by atoms with Crippen LogP contribution in [0.15, 0.2) is 4.47 Å². The van der Waals surface area contributed by atoms with Crippen LogP contribution in [0.2, 0.25) is 0 Å². The summed E-state index contributed by atoms with van der Waals surface area (Å²) >= 11 is 3.57. The van der Waals surface area contributed by atoms with Gasteiger partial charge in [-0.15, -0.1) is 0 Å². The minimum atomic E-state index is -4.20. The number of hydrogen-bond acceptors (Lipinski definition) is 5. The maximum atomic E-state index is 13.2. The van der Waals surface area contributed by atoms with Crippen molar-refractivity contribution in [2.45, 2.75) is 85.3 Å². The lowest BCUT2D eigenvalue weighted by Gasteiger charge is -2.38. The number of hydrogen-bond donors (Lipinski definition) is 0. The first kappa shape index (κ1) is 25.9. The Balaban J connectivity index is 2.55. The highest BCUT2D eigenvalue weighted by Gasteiger charge is 2.42. The van der Waals surface area contributed by atoms with E-state index in [9.17, 15) is 18.0 Å². The Bertz CT molecular complexity index is 799. The molecule has 176 valence electrons. The molecule has 0 amide bonds. The maximum absolute atomic E-state index is 13.2. The second kappa shape index (κ2) is 9.65. The number of nitrogens with zero attached hydrogens (tertiary/aromatic N) is 2. The minimum Gasteiger partial charge on any atom is -0.461 e. The fourth-order valence-electron chi connectivity index (χ4n) is 3.75. The van der Waals surface area contributed by atoms with Crippen LogP contribution in [0.1, 0.15) is 70.5 Å². The summed E-state index contributed by atoms with van der Waals surface area (Å²) in [5, 5.41) is 0. The van der Waals surface area contributed by atoms with Crippen LogP contribution in [0.25, 0.3) is 0 Å². The smallest absolute Gasteiger partial charge is 0.391 e. The van der Waals surface area contributed by atoms with Crippen molar-refractivity contribution in [2.75, 3.05) is 18.0 Å². The zero-order valence-electron chi connectivity index (χ0n) is 19.2. The summed E-state index contributed by atoms with van der Waals surface area (Å²) in [5.41, 5.74) is 1.80. The molecule has 0 aliphatic carbocycles. The SMILES string of the molecule is Cc1nc(C)c([C@H](OC(C)(C)C)C(=O)OC(C)C)c(N2CCC(C(F)(F)F)CC2)c1Br. The Kier molecular flexibility index (Phi) is 8.06. The van der Waals surface area contributed by atoms with E-state index in [-0.39, 0.29) is 32.0 Å². The van der Waals surface area contributed by atoms with Crippen LogP contribution in [-0.2, 0) is 14.3 Å². The molecule has 1 aliphatic heterocycles. The molecule has 0 radical (unpaired) electrons. The van der Waals surface area contributed by atoms with Crippen LogP contribution >= 0.6 is 15.9 Å². The standard InChI is InChI=1S/C22H32BrF3N2O3/c1-12(2)30-20(29)19(31-21(5,6)7)16-13(3)27-14(4)17(23)18(16)28-10-8-15(9-11-28)22(24,25)26/h12,15,19H,8-11H2,1-7H3/t19-/m0/s1. The summed E-state index contributed by atoms with van der Waals surface area (Å²) in [5.74, 6) is -1.86. The molecule has 2 rings (SSSR count). The van der Waals surface area contributed by atoms with E-state index in [1.54, 1.807) is 20.8 Å². The van der Waals surface area contributed by atoms with Crippen molar-refractivity contribution < 1.29 is 27.4 Å². The summed E-state index contributed by atoms with van der Waals surface area (Å²) in [4.78, 5) is 19.5. The van der Waals surface area contributed by atoms with Gasteiger partial charge in [-0.05, 0) is 77.2 Å². The van der Waals surface area contributed by atoms with Gasteiger partial charge in [0, 0.05) is 24.3 Å². The van der Waals surface area contributed by atoms with Gasteiger partial charge in [-0.1, -0.05) is 0 Å². The summed E-state index contributed by atoms with van der Waals surface area (Å²) in [7, 11) is 0. The zero-order chi connectivity index (χ0) is 23.7. The quantitative estimate of drug-likeness (QED) is 0.453. The van der Waals surface area contributed by atoms with E-state index in [1.807, 2.05) is 32.6 Å². The van der Waals surface area contributed by atoms with Gasteiger partial charge in [0.15, 0.2) is 6.10 Å². The van der Waals surface area contributed by atoms with E-state index < -0.39 is 29.8 Å². The average Bonchev–Trinajstić information content (AvgIpc) is 2.61. The van der Waals surface area contributed by atoms with Crippen molar-refractivity contribution >= 4 is 27.6 Å². The molecule has 0 spiro atoms. The van der Waals surface area contributed by atoms with E-state index in [2.05, 4.69) is 20.9 Å². The molecule has 0 bridgehead atoms. The fourth-order valence-corrected chi connectivity index (χ4v) is 4.30. The van der Waals surface area contributed by atoms with Gasteiger partial charge in [0.1, 0.15) is 0 Å². The van der Waals surface area contributed by atoms with E-state index in [4.69, 9.17) is 9.47 Å². The molecule has 1 fully saturated rings. The summed E-state index contributed by atoms with van der Waals surface area (Å²) in [6.07, 6.45) is -5.60. The second-order valence-corrected chi connectivity index (χ2v) is 10.1. The van der Waals surface area contributed by atoms with Crippen molar-refractivity contribution in [1.29, 1.82) is 0 Å². The Morgan fingerprint density at radius 2 is 1.68 bits per heavy atom. The molecule has 5 nitrogen and oxygen atoms in total. The Labute approximate surface area is 190 Å². The lowest BCUT2D eigenvalue weighted by Crippen LogP contribution is -2.40. The molecule has 0 saturated carbocycles. The number of aryl methyl sites for hydroxylation is 2. The first-order valence-corrected chi connectivity index (χ1v) is 11.3. The van der Waals surface area contributed by atoms with Gasteiger partial charge in [0.05, 0.1) is 33.5 Å². The third-order valence-corrected chi connectivity index (χ3v) is 6.03. The zero-order valence-corrected chi connectivity index (χ0v) is 20.8. The summed E-state index contributed by atoms with van der Waals surface area (Å²) in [6.45, 7) is 13.1. The molecular formula is C22H32BrF3N2O3. The average molecular weight is 509 g/mol. The van der Waals surface area contributed by atoms with E-state index >= 15 is 0 Å².